The van der Waals surface area contributed by atoms with Crippen LogP contribution in [-0.2, 0) is 10.3 Å². The van der Waals surface area contributed by atoms with E-state index >= 15 is 0 Å². The van der Waals surface area contributed by atoms with Crippen molar-refractivity contribution in [3.8, 4) is 0 Å². The standard InChI is InChI=1S/C10H13BrN3OPS2/c11-7-4-17-8(12-7)10-5-15-2-1-6(10)3-18-9(13-10)14-16/h4,6H,1-3,5,16H2,(H,13,14). The van der Waals surface area contributed by atoms with E-state index in [4.69, 9.17) is 9.73 Å². The number of rotatable bonds is 1. The molecule has 0 aromatic carbocycles. The fourth-order valence-corrected chi connectivity index (χ4v) is 5.25. The Kier molecular flexibility index (Phi) is 3.97. The fraction of sp³-hybridized carbons (Fsp3) is 0.600. The van der Waals surface area contributed by atoms with Gasteiger partial charge < -0.3 is 9.82 Å². The topological polar surface area (TPSA) is 46.5 Å². The minimum Gasteiger partial charge on any atom is -0.378 e. The number of ether oxygens (including phenoxy) is 1. The molecule has 8 heteroatoms. The average molecular weight is 366 g/mol. The quantitative estimate of drug-likeness (QED) is 0.777. The van der Waals surface area contributed by atoms with Gasteiger partial charge in [0.15, 0.2) is 5.17 Å². The minimum atomic E-state index is -0.293. The number of nitrogens with one attached hydrogen (secondary N) is 1. The van der Waals surface area contributed by atoms with E-state index in [0.717, 1.165) is 33.6 Å². The van der Waals surface area contributed by atoms with Crippen molar-refractivity contribution in [2.75, 3.05) is 19.0 Å². The Morgan fingerprint density at radius 2 is 2.50 bits per heavy atom. The van der Waals surface area contributed by atoms with Crippen LogP contribution in [0.2, 0.25) is 0 Å². The number of nitrogens with zero attached hydrogens (tertiary/aromatic N) is 2. The van der Waals surface area contributed by atoms with E-state index in [1.807, 2.05) is 5.38 Å². The van der Waals surface area contributed by atoms with Gasteiger partial charge in [-0.15, -0.1) is 11.3 Å². The zero-order valence-corrected chi connectivity index (χ0v) is 13.9. The van der Waals surface area contributed by atoms with Crippen molar-refractivity contribution in [2.45, 2.75) is 12.0 Å². The second kappa shape index (κ2) is 5.37. The van der Waals surface area contributed by atoms with Gasteiger partial charge in [0.05, 0.1) is 6.61 Å². The summed E-state index contributed by atoms with van der Waals surface area (Å²) in [4.78, 5) is 9.47. The normalized spacial score (nSPS) is 31.7. The van der Waals surface area contributed by atoms with Crippen LogP contribution in [0.3, 0.4) is 0 Å². The molecule has 0 saturated carbocycles. The number of fused-ring (bicyclic) bond motifs is 1. The van der Waals surface area contributed by atoms with Crippen molar-refractivity contribution in [2.24, 2.45) is 10.9 Å². The highest BCUT2D eigenvalue weighted by molar-refractivity contribution is 9.10. The van der Waals surface area contributed by atoms with Gasteiger partial charge in [-0.2, -0.15) is 0 Å². The van der Waals surface area contributed by atoms with Gasteiger partial charge in [-0.05, 0) is 31.7 Å². The molecule has 4 nitrogen and oxygen atoms in total. The summed E-state index contributed by atoms with van der Waals surface area (Å²) in [5.41, 5.74) is -0.293. The number of aliphatic imine (C=N–C) groups is 1. The summed E-state index contributed by atoms with van der Waals surface area (Å²) in [5.74, 6) is 1.58. The van der Waals surface area contributed by atoms with Crippen LogP contribution < -0.4 is 5.09 Å². The number of hydrogen-bond acceptors (Lipinski definition) is 6. The Morgan fingerprint density at radius 1 is 1.61 bits per heavy atom. The van der Waals surface area contributed by atoms with E-state index in [9.17, 15) is 0 Å². The number of hydrogen-bond donors (Lipinski definition) is 1. The first-order valence-electron chi connectivity index (χ1n) is 5.63. The Bertz CT molecular complexity index is 483. The SMILES string of the molecule is PNC1=NC2(c3nc(Br)cs3)COCCC2CS1. The van der Waals surface area contributed by atoms with Crippen molar-refractivity contribution < 1.29 is 4.74 Å². The zero-order chi connectivity index (χ0) is 12.6. The van der Waals surface area contributed by atoms with Crippen LogP contribution in [0.4, 0.5) is 0 Å². The Hall–Kier alpha value is 0.320. The smallest absolute Gasteiger partial charge is 0.160 e. The molecule has 3 heterocycles. The van der Waals surface area contributed by atoms with Crippen LogP contribution >= 0.6 is 48.4 Å². The molecule has 2 aliphatic rings. The molecule has 3 atom stereocenters. The number of aromatic nitrogens is 1. The average Bonchev–Trinajstić information content (AvgIpc) is 2.85. The third kappa shape index (κ3) is 2.24. The van der Waals surface area contributed by atoms with Crippen LogP contribution in [0.25, 0.3) is 0 Å². The largest absolute Gasteiger partial charge is 0.378 e. The molecule has 1 fully saturated rings. The lowest BCUT2D eigenvalue weighted by Crippen LogP contribution is -2.47. The molecular formula is C10H13BrN3OPS2. The molecule has 98 valence electrons. The lowest BCUT2D eigenvalue weighted by atomic mass is 9.82. The predicted octanol–water partition coefficient (Wildman–Crippen LogP) is 2.62. The van der Waals surface area contributed by atoms with Crippen molar-refractivity contribution >= 4 is 53.6 Å². The highest BCUT2D eigenvalue weighted by atomic mass is 79.9. The number of halogens is 1. The zero-order valence-electron chi connectivity index (χ0n) is 9.56. The summed E-state index contributed by atoms with van der Waals surface area (Å²) < 4.78 is 6.58. The van der Waals surface area contributed by atoms with E-state index in [-0.39, 0.29) is 5.54 Å². The van der Waals surface area contributed by atoms with E-state index < -0.39 is 0 Å². The molecule has 3 rings (SSSR count). The maximum atomic E-state index is 5.70. The summed E-state index contributed by atoms with van der Waals surface area (Å²) in [6, 6.07) is 0. The number of thioether (sulfide) groups is 1. The summed E-state index contributed by atoms with van der Waals surface area (Å²) in [6.07, 6.45) is 1.05. The molecule has 0 bridgehead atoms. The van der Waals surface area contributed by atoms with Gasteiger partial charge in [0.2, 0.25) is 0 Å². The summed E-state index contributed by atoms with van der Waals surface area (Å²) in [7, 11) is 2.51. The number of amidine groups is 1. The van der Waals surface area contributed by atoms with Crippen LogP contribution in [0.1, 0.15) is 11.4 Å². The summed E-state index contributed by atoms with van der Waals surface area (Å²) >= 11 is 6.86. The molecule has 0 aliphatic carbocycles. The van der Waals surface area contributed by atoms with E-state index in [2.05, 4.69) is 35.4 Å². The minimum absolute atomic E-state index is 0.293. The van der Waals surface area contributed by atoms with Crippen molar-refractivity contribution in [3.63, 3.8) is 0 Å². The molecule has 1 saturated heterocycles. The van der Waals surface area contributed by atoms with Crippen LogP contribution in [0, 0.1) is 5.92 Å². The van der Waals surface area contributed by atoms with Gasteiger partial charge in [0, 0.05) is 23.7 Å². The van der Waals surface area contributed by atoms with Gasteiger partial charge in [-0.3, -0.25) is 0 Å². The Balaban J connectivity index is 2.06. The lowest BCUT2D eigenvalue weighted by Gasteiger charge is -2.42. The molecule has 0 amide bonds. The Morgan fingerprint density at radius 3 is 3.22 bits per heavy atom. The molecule has 1 aromatic rings. The second-order valence-corrected chi connectivity index (χ2v) is 7.28. The third-order valence-electron chi connectivity index (χ3n) is 3.30. The van der Waals surface area contributed by atoms with E-state index in [1.165, 1.54) is 0 Å². The molecular weight excluding hydrogens is 353 g/mol. The van der Waals surface area contributed by atoms with E-state index in [0.29, 0.717) is 12.5 Å². The molecule has 3 unspecified atom stereocenters. The first-order valence-corrected chi connectivity index (χ1v) is 8.87. The molecule has 2 aliphatic heterocycles. The summed E-state index contributed by atoms with van der Waals surface area (Å²) in [5, 5.41) is 7.10. The number of thiazole rings is 1. The fourth-order valence-electron chi connectivity index (χ4n) is 2.36. The third-order valence-corrected chi connectivity index (χ3v) is 6.55. The maximum Gasteiger partial charge on any atom is 0.160 e. The van der Waals surface area contributed by atoms with Crippen LogP contribution in [-0.4, -0.2) is 29.1 Å². The second-order valence-electron chi connectivity index (χ2n) is 4.31. The molecule has 18 heavy (non-hydrogen) atoms. The van der Waals surface area contributed by atoms with Crippen LogP contribution in [0.15, 0.2) is 15.0 Å². The summed E-state index contributed by atoms with van der Waals surface area (Å²) in [6.45, 7) is 1.46. The lowest BCUT2D eigenvalue weighted by molar-refractivity contribution is 0.00435. The van der Waals surface area contributed by atoms with Crippen molar-refractivity contribution in [1.82, 2.24) is 10.1 Å². The first-order chi connectivity index (χ1) is 8.74. The Labute approximate surface area is 125 Å². The maximum absolute atomic E-state index is 5.70. The monoisotopic (exact) mass is 365 g/mol. The van der Waals surface area contributed by atoms with E-state index in [1.54, 1.807) is 23.1 Å². The van der Waals surface area contributed by atoms with Gasteiger partial charge in [0.25, 0.3) is 0 Å². The highest BCUT2D eigenvalue weighted by Gasteiger charge is 2.47. The van der Waals surface area contributed by atoms with Crippen molar-refractivity contribution in [3.05, 3.63) is 15.0 Å². The van der Waals surface area contributed by atoms with Gasteiger partial charge in [0.1, 0.15) is 15.1 Å². The highest BCUT2D eigenvalue weighted by Crippen LogP contribution is 2.45. The predicted molar refractivity (Wildman–Crippen MR) is 83.2 cm³/mol. The van der Waals surface area contributed by atoms with Gasteiger partial charge >= 0.3 is 0 Å². The molecule has 1 aromatic heterocycles. The molecule has 0 radical (unpaired) electrons. The van der Waals surface area contributed by atoms with Crippen molar-refractivity contribution in [1.29, 1.82) is 0 Å². The van der Waals surface area contributed by atoms with Gasteiger partial charge in [-0.25, -0.2) is 9.98 Å². The van der Waals surface area contributed by atoms with Gasteiger partial charge in [-0.1, -0.05) is 11.8 Å². The van der Waals surface area contributed by atoms with Crippen LogP contribution in [0.5, 0.6) is 0 Å². The molecule has 0 spiro atoms. The molecule has 1 N–H and O–H groups in total. The first kappa shape index (κ1) is 13.3.